The lowest BCUT2D eigenvalue weighted by atomic mass is 10.0. The topological polar surface area (TPSA) is 58.0 Å². The van der Waals surface area contributed by atoms with Gasteiger partial charge in [0, 0.05) is 17.3 Å². The number of pyridine rings is 1. The first-order chi connectivity index (χ1) is 11.8. The van der Waals surface area contributed by atoms with Crippen LogP contribution >= 0.6 is 0 Å². The number of hydrogen-bond donors (Lipinski definition) is 1. The molecule has 1 aromatic carbocycles. The van der Waals surface area contributed by atoms with E-state index in [2.05, 4.69) is 20.9 Å². The predicted octanol–water partition coefficient (Wildman–Crippen LogP) is 2.51. The second kappa shape index (κ2) is 5.31. The molecule has 0 saturated carbocycles. The van der Waals surface area contributed by atoms with Crippen LogP contribution in [0.1, 0.15) is 29.5 Å². The number of aliphatic imine (C=N–C) groups is 1. The van der Waals surface area contributed by atoms with E-state index in [0.717, 1.165) is 41.4 Å². The Morgan fingerprint density at radius 2 is 1.92 bits per heavy atom. The third-order valence-electron chi connectivity index (χ3n) is 5.28. The second-order valence-electron chi connectivity index (χ2n) is 6.74. The molecular formula is C19H19N3O2. The number of nitrogens with zero attached hydrogens (tertiary/aromatic N) is 3. The van der Waals surface area contributed by atoms with Crippen molar-refractivity contribution in [1.29, 1.82) is 0 Å². The summed E-state index contributed by atoms with van der Waals surface area (Å²) in [6.07, 6.45) is 4.21. The largest absolute Gasteiger partial charge is 0.508 e. The van der Waals surface area contributed by atoms with Gasteiger partial charge < -0.3 is 14.7 Å². The summed E-state index contributed by atoms with van der Waals surface area (Å²) in [6, 6.07) is 10.5. The summed E-state index contributed by atoms with van der Waals surface area (Å²) < 4.78 is 5.68. The standard InChI is InChI=1S/C19H19N3O2/c23-16-4-1-13-9-21-19(17(13)8-16)12-5-6-20-18(7-12)22-14-2-3-15(22)11-24-10-14/h1,4-8,14-15,23H,2-3,9-11H2. The van der Waals surface area contributed by atoms with E-state index in [0.29, 0.717) is 18.6 Å². The molecule has 5 heteroatoms. The summed E-state index contributed by atoms with van der Waals surface area (Å²) in [5.74, 6) is 1.29. The van der Waals surface area contributed by atoms with Crippen molar-refractivity contribution in [1.82, 2.24) is 4.98 Å². The molecule has 1 N–H and O–H groups in total. The van der Waals surface area contributed by atoms with Gasteiger partial charge in [0.25, 0.3) is 0 Å². The molecule has 3 aliphatic rings. The Morgan fingerprint density at radius 1 is 1.08 bits per heavy atom. The molecule has 0 aliphatic carbocycles. The van der Waals surface area contributed by atoms with Crippen molar-refractivity contribution in [2.24, 2.45) is 4.99 Å². The van der Waals surface area contributed by atoms with E-state index in [1.807, 2.05) is 18.3 Å². The number of rotatable bonds is 2. The van der Waals surface area contributed by atoms with Crippen LogP contribution in [0, 0.1) is 0 Å². The number of fused-ring (bicyclic) bond motifs is 3. The Hall–Kier alpha value is -2.40. The molecule has 2 aromatic rings. The number of aromatic hydroxyl groups is 1. The molecule has 0 spiro atoms. The van der Waals surface area contributed by atoms with Crippen molar-refractivity contribution in [3.63, 3.8) is 0 Å². The molecule has 5 rings (SSSR count). The maximum Gasteiger partial charge on any atom is 0.129 e. The average Bonchev–Trinajstić information content (AvgIpc) is 3.13. The fraction of sp³-hybridized carbons (Fsp3) is 0.368. The Labute approximate surface area is 140 Å². The summed E-state index contributed by atoms with van der Waals surface area (Å²) >= 11 is 0. The molecule has 4 heterocycles. The normalized spacial score (nSPS) is 24.8. The molecule has 3 aliphatic heterocycles. The van der Waals surface area contributed by atoms with Crippen LogP contribution in [-0.2, 0) is 11.3 Å². The van der Waals surface area contributed by atoms with E-state index in [4.69, 9.17) is 4.74 Å². The molecule has 24 heavy (non-hydrogen) atoms. The molecule has 5 nitrogen and oxygen atoms in total. The first-order valence-electron chi connectivity index (χ1n) is 8.49. The number of hydrogen-bond acceptors (Lipinski definition) is 5. The number of anilines is 1. The Bertz CT molecular complexity index is 817. The third-order valence-corrected chi connectivity index (χ3v) is 5.28. The average molecular weight is 321 g/mol. The highest BCUT2D eigenvalue weighted by Crippen LogP contribution is 2.34. The molecule has 2 saturated heterocycles. The van der Waals surface area contributed by atoms with Gasteiger partial charge in [0.1, 0.15) is 11.6 Å². The molecule has 1 aromatic heterocycles. The van der Waals surface area contributed by atoms with Crippen molar-refractivity contribution < 1.29 is 9.84 Å². The van der Waals surface area contributed by atoms with Gasteiger partial charge in [0.05, 0.1) is 37.6 Å². The SMILES string of the molecule is Oc1ccc2c(c1)C(c1ccnc(N3C4CCC3COC4)c1)=NC2. The predicted molar refractivity (Wildman–Crippen MR) is 91.8 cm³/mol. The second-order valence-corrected chi connectivity index (χ2v) is 6.74. The molecule has 0 radical (unpaired) electrons. The smallest absolute Gasteiger partial charge is 0.129 e. The molecular weight excluding hydrogens is 302 g/mol. The van der Waals surface area contributed by atoms with E-state index >= 15 is 0 Å². The van der Waals surface area contributed by atoms with Crippen LogP contribution in [0.2, 0.25) is 0 Å². The first-order valence-corrected chi connectivity index (χ1v) is 8.49. The van der Waals surface area contributed by atoms with E-state index in [-0.39, 0.29) is 5.75 Å². The van der Waals surface area contributed by atoms with E-state index in [1.54, 1.807) is 12.1 Å². The van der Waals surface area contributed by atoms with E-state index in [1.165, 1.54) is 12.8 Å². The van der Waals surface area contributed by atoms with Crippen LogP contribution in [0.4, 0.5) is 5.82 Å². The number of ether oxygens (including phenoxy) is 1. The number of morpholine rings is 1. The number of aromatic nitrogens is 1. The van der Waals surface area contributed by atoms with Crippen LogP contribution in [0.15, 0.2) is 41.5 Å². The van der Waals surface area contributed by atoms with Gasteiger partial charge in [0.2, 0.25) is 0 Å². The number of phenolic OH excluding ortho intramolecular Hbond substituents is 1. The number of phenols is 1. The minimum Gasteiger partial charge on any atom is -0.508 e. The van der Waals surface area contributed by atoms with Crippen molar-refractivity contribution >= 4 is 11.5 Å². The Morgan fingerprint density at radius 3 is 2.75 bits per heavy atom. The van der Waals surface area contributed by atoms with Crippen LogP contribution in [0.5, 0.6) is 5.75 Å². The van der Waals surface area contributed by atoms with Gasteiger partial charge in [-0.3, -0.25) is 4.99 Å². The van der Waals surface area contributed by atoms with Crippen molar-refractivity contribution in [2.45, 2.75) is 31.5 Å². The monoisotopic (exact) mass is 321 g/mol. The summed E-state index contributed by atoms with van der Waals surface area (Å²) in [4.78, 5) is 11.7. The lowest BCUT2D eigenvalue weighted by molar-refractivity contribution is 0.0902. The molecule has 2 atom stereocenters. The van der Waals surface area contributed by atoms with Gasteiger partial charge in [0.15, 0.2) is 0 Å². The van der Waals surface area contributed by atoms with Gasteiger partial charge >= 0.3 is 0 Å². The maximum absolute atomic E-state index is 9.81. The summed E-state index contributed by atoms with van der Waals surface area (Å²) in [5, 5.41) is 9.81. The quantitative estimate of drug-likeness (QED) is 0.923. The van der Waals surface area contributed by atoms with Gasteiger partial charge in [-0.2, -0.15) is 0 Å². The number of benzene rings is 1. The van der Waals surface area contributed by atoms with Crippen LogP contribution in [-0.4, -0.2) is 41.1 Å². The fourth-order valence-corrected chi connectivity index (χ4v) is 4.13. The summed E-state index contributed by atoms with van der Waals surface area (Å²) in [5.41, 5.74) is 4.20. The molecule has 122 valence electrons. The van der Waals surface area contributed by atoms with Crippen molar-refractivity contribution in [3.05, 3.63) is 53.2 Å². The first kappa shape index (κ1) is 14.0. The van der Waals surface area contributed by atoms with Gasteiger partial charge in [-0.25, -0.2) is 4.98 Å². The minimum absolute atomic E-state index is 0.281. The van der Waals surface area contributed by atoms with Crippen LogP contribution < -0.4 is 4.90 Å². The molecule has 2 unspecified atom stereocenters. The Balaban J connectivity index is 1.53. The summed E-state index contributed by atoms with van der Waals surface area (Å²) in [6.45, 7) is 2.26. The highest BCUT2D eigenvalue weighted by Gasteiger charge is 2.38. The third kappa shape index (κ3) is 2.12. The highest BCUT2D eigenvalue weighted by atomic mass is 16.5. The lowest BCUT2D eigenvalue weighted by Crippen LogP contribution is -2.46. The molecule has 0 amide bonds. The molecule has 2 fully saturated rings. The van der Waals surface area contributed by atoms with E-state index in [9.17, 15) is 5.11 Å². The lowest BCUT2D eigenvalue weighted by Gasteiger charge is -2.35. The van der Waals surface area contributed by atoms with Crippen LogP contribution in [0.25, 0.3) is 0 Å². The fourth-order valence-electron chi connectivity index (χ4n) is 4.13. The van der Waals surface area contributed by atoms with Gasteiger partial charge in [-0.05, 0) is 42.7 Å². The van der Waals surface area contributed by atoms with E-state index < -0.39 is 0 Å². The zero-order chi connectivity index (χ0) is 16.1. The Kier molecular flexibility index (Phi) is 3.10. The summed E-state index contributed by atoms with van der Waals surface area (Å²) in [7, 11) is 0. The zero-order valence-electron chi connectivity index (χ0n) is 13.4. The van der Waals surface area contributed by atoms with Crippen molar-refractivity contribution in [2.75, 3.05) is 18.1 Å². The minimum atomic E-state index is 0.281. The van der Waals surface area contributed by atoms with Gasteiger partial charge in [-0.15, -0.1) is 0 Å². The molecule has 2 bridgehead atoms. The highest BCUT2D eigenvalue weighted by molar-refractivity contribution is 6.15. The zero-order valence-corrected chi connectivity index (χ0v) is 13.4. The van der Waals surface area contributed by atoms with Crippen molar-refractivity contribution in [3.8, 4) is 5.75 Å². The maximum atomic E-state index is 9.81. The van der Waals surface area contributed by atoms with Crippen LogP contribution in [0.3, 0.4) is 0 Å². The van der Waals surface area contributed by atoms with Gasteiger partial charge in [-0.1, -0.05) is 6.07 Å².